The van der Waals surface area contributed by atoms with E-state index >= 15 is 0 Å². The first-order valence-electron chi connectivity index (χ1n) is 12.2. The van der Waals surface area contributed by atoms with Crippen molar-refractivity contribution in [3.05, 3.63) is 107 Å². The van der Waals surface area contributed by atoms with Crippen LogP contribution in [0.5, 0.6) is 0 Å². The molecule has 3 atom stereocenters. The molecular formula is C31H26FNO3. The van der Waals surface area contributed by atoms with E-state index in [0.29, 0.717) is 22.4 Å². The highest BCUT2D eigenvalue weighted by Crippen LogP contribution is 2.61. The second-order valence-corrected chi connectivity index (χ2v) is 10.9. The molecule has 0 amide bonds. The second kappa shape index (κ2) is 7.57. The lowest BCUT2D eigenvalue weighted by Crippen LogP contribution is -2.49. The van der Waals surface area contributed by atoms with Crippen LogP contribution in [0.1, 0.15) is 58.5 Å². The minimum atomic E-state index is -1.51. The summed E-state index contributed by atoms with van der Waals surface area (Å²) in [6.07, 6.45) is 3.59. The number of fused-ring (bicyclic) bond motifs is 5. The molecule has 5 heteroatoms. The first-order valence-corrected chi connectivity index (χ1v) is 12.2. The van der Waals surface area contributed by atoms with Gasteiger partial charge in [-0.15, -0.1) is 0 Å². The third kappa shape index (κ3) is 2.83. The monoisotopic (exact) mass is 479 g/mol. The Balaban J connectivity index is 1.70. The maximum Gasteiger partial charge on any atom is 0.180 e. The Morgan fingerprint density at radius 2 is 1.50 bits per heavy atom. The average Bonchev–Trinajstić information content (AvgIpc) is 3.29. The Labute approximate surface area is 209 Å². The Bertz CT molecular complexity index is 1430. The molecule has 3 aromatic rings. The number of benzene rings is 3. The van der Waals surface area contributed by atoms with Gasteiger partial charge >= 0.3 is 0 Å². The quantitative estimate of drug-likeness (QED) is 0.431. The lowest BCUT2D eigenvalue weighted by molar-refractivity contribution is -0.127. The number of hydrogen-bond donors (Lipinski definition) is 0. The van der Waals surface area contributed by atoms with Crippen molar-refractivity contribution in [2.45, 2.75) is 38.8 Å². The largest absolute Gasteiger partial charge is 0.352 e. The van der Waals surface area contributed by atoms with Crippen LogP contribution in [0.2, 0.25) is 0 Å². The average molecular weight is 480 g/mol. The van der Waals surface area contributed by atoms with Gasteiger partial charge < -0.3 is 4.90 Å². The summed E-state index contributed by atoms with van der Waals surface area (Å²) in [6, 6.07) is 19.3. The predicted octanol–water partition coefficient (Wildman–Crippen LogP) is 5.87. The standard InChI is InChI=1S/C31H26FNO3/c1-30(2,3)29(36)26-25(18-9-5-4-6-10-18)31(27(34)21-11-7-8-12-22(21)28(31)35)24-16-13-19-17-20(32)14-15-23(19)33(24)26/h4-17,24-26H,1-3H3/t24-,25-,26+/m0/s1. The summed E-state index contributed by atoms with van der Waals surface area (Å²) in [5, 5.41) is 0. The SMILES string of the molecule is CC(C)(C)C(=O)[C@H]1[C@H](c2ccccc2)C2(C(=O)c3ccccc3C2=O)[C@@H]2C=Cc3cc(F)ccc3N21. The van der Waals surface area contributed by atoms with Gasteiger partial charge in [-0.2, -0.15) is 0 Å². The molecule has 180 valence electrons. The summed E-state index contributed by atoms with van der Waals surface area (Å²) in [4.78, 5) is 45.0. The van der Waals surface area contributed by atoms with Crippen LogP contribution in [0.3, 0.4) is 0 Å². The van der Waals surface area contributed by atoms with Crippen molar-refractivity contribution in [2.75, 3.05) is 4.90 Å². The van der Waals surface area contributed by atoms with Gasteiger partial charge in [-0.05, 0) is 23.8 Å². The summed E-state index contributed by atoms with van der Waals surface area (Å²) in [5.41, 5.74) is 0.571. The minimum Gasteiger partial charge on any atom is -0.352 e. The van der Waals surface area contributed by atoms with Gasteiger partial charge in [-0.25, -0.2) is 4.39 Å². The van der Waals surface area contributed by atoms with Crippen molar-refractivity contribution in [1.29, 1.82) is 0 Å². The molecule has 0 aromatic heterocycles. The molecule has 0 radical (unpaired) electrons. The van der Waals surface area contributed by atoms with Gasteiger partial charge in [0, 0.05) is 33.7 Å². The second-order valence-electron chi connectivity index (χ2n) is 10.9. The van der Waals surface area contributed by atoms with E-state index in [1.54, 1.807) is 36.4 Å². The third-order valence-electron chi connectivity index (χ3n) is 7.93. The molecule has 36 heavy (non-hydrogen) atoms. The molecule has 0 saturated carbocycles. The van der Waals surface area contributed by atoms with E-state index in [1.165, 1.54) is 12.1 Å². The molecule has 1 aliphatic carbocycles. The van der Waals surface area contributed by atoms with Gasteiger partial charge in [0.2, 0.25) is 0 Å². The molecule has 0 unspecified atom stereocenters. The molecule has 1 spiro atoms. The molecule has 3 aliphatic rings. The summed E-state index contributed by atoms with van der Waals surface area (Å²) < 4.78 is 14.2. The fourth-order valence-electron chi connectivity index (χ4n) is 6.42. The first kappa shape index (κ1) is 22.6. The molecule has 3 aromatic carbocycles. The van der Waals surface area contributed by atoms with Gasteiger partial charge in [-0.1, -0.05) is 87.5 Å². The molecule has 2 aliphatic heterocycles. The number of nitrogens with zero attached hydrogens (tertiary/aromatic N) is 1. The number of rotatable bonds is 2. The molecular weight excluding hydrogens is 453 g/mol. The van der Waals surface area contributed by atoms with E-state index in [9.17, 15) is 18.8 Å². The molecule has 1 fully saturated rings. The van der Waals surface area contributed by atoms with Crippen LogP contribution in [0.25, 0.3) is 6.08 Å². The summed E-state index contributed by atoms with van der Waals surface area (Å²) in [6.45, 7) is 5.57. The molecule has 4 nitrogen and oxygen atoms in total. The van der Waals surface area contributed by atoms with Crippen molar-refractivity contribution >= 4 is 29.1 Å². The number of carbonyl (C=O) groups excluding carboxylic acids is 3. The van der Waals surface area contributed by atoms with Crippen LogP contribution >= 0.6 is 0 Å². The highest BCUT2D eigenvalue weighted by atomic mass is 19.1. The highest BCUT2D eigenvalue weighted by molar-refractivity contribution is 6.32. The lowest BCUT2D eigenvalue weighted by Gasteiger charge is -2.38. The maximum absolute atomic E-state index is 14.4. The summed E-state index contributed by atoms with van der Waals surface area (Å²) >= 11 is 0. The summed E-state index contributed by atoms with van der Waals surface area (Å²) in [7, 11) is 0. The highest BCUT2D eigenvalue weighted by Gasteiger charge is 2.71. The van der Waals surface area contributed by atoms with Crippen LogP contribution in [0.15, 0.2) is 78.9 Å². The van der Waals surface area contributed by atoms with Crippen molar-refractivity contribution < 1.29 is 18.8 Å². The Kier molecular flexibility index (Phi) is 4.75. The van der Waals surface area contributed by atoms with Gasteiger partial charge in [0.05, 0.1) is 12.1 Å². The van der Waals surface area contributed by atoms with Gasteiger partial charge in [0.1, 0.15) is 11.2 Å². The van der Waals surface area contributed by atoms with E-state index in [1.807, 2.05) is 62.1 Å². The topological polar surface area (TPSA) is 54.5 Å². The van der Waals surface area contributed by atoms with E-state index < -0.39 is 28.8 Å². The number of anilines is 1. The molecule has 6 rings (SSSR count). The van der Waals surface area contributed by atoms with Crippen molar-refractivity contribution in [1.82, 2.24) is 0 Å². The van der Waals surface area contributed by atoms with Crippen molar-refractivity contribution in [3.8, 4) is 0 Å². The van der Waals surface area contributed by atoms with Crippen LogP contribution in [0.4, 0.5) is 10.1 Å². The predicted molar refractivity (Wildman–Crippen MR) is 137 cm³/mol. The van der Waals surface area contributed by atoms with E-state index in [0.717, 1.165) is 5.56 Å². The van der Waals surface area contributed by atoms with Gasteiger partial charge in [-0.3, -0.25) is 14.4 Å². The zero-order valence-corrected chi connectivity index (χ0v) is 20.4. The zero-order chi connectivity index (χ0) is 25.4. The normalized spacial score (nSPS) is 23.6. The fourth-order valence-corrected chi connectivity index (χ4v) is 6.42. The van der Waals surface area contributed by atoms with E-state index in [-0.39, 0.29) is 23.2 Å². The number of carbonyl (C=O) groups is 3. The molecule has 0 N–H and O–H groups in total. The Hall–Kier alpha value is -3.86. The van der Waals surface area contributed by atoms with Crippen molar-refractivity contribution in [2.24, 2.45) is 10.8 Å². The van der Waals surface area contributed by atoms with E-state index in [4.69, 9.17) is 0 Å². The number of hydrogen-bond acceptors (Lipinski definition) is 4. The van der Waals surface area contributed by atoms with Gasteiger partial charge in [0.25, 0.3) is 0 Å². The van der Waals surface area contributed by atoms with Crippen LogP contribution in [-0.4, -0.2) is 29.4 Å². The number of ketones is 3. The van der Waals surface area contributed by atoms with Crippen molar-refractivity contribution in [3.63, 3.8) is 0 Å². The first-order chi connectivity index (χ1) is 17.2. The van der Waals surface area contributed by atoms with Gasteiger partial charge in [0.15, 0.2) is 17.3 Å². The fraction of sp³-hybridized carbons (Fsp3) is 0.258. The van der Waals surface area contributed by atoms with Crippen LogP contribution in [-0.2, 0) is 4.79 Å². The number of Topliss-reactive ketones (excluding diaryl/α,β-unsaturated/α-hetero) is 3. The van der Waals surface area contributed by atoms with Crippen LogP contribution < -0.4 is 4.90 Å². The zero-order valence-electron chi connectivity index (χ0n) is 20.4. The maximum atomic E-state index is 14.4. The third-order valence-corrected chi connectivity index (χ3v) is 7.93. The Morgan fingerprint density at radius 1 is 0.889 bits per heavy atom. The molecule has 1 saturated heterocycles. The molecule has 2 heterocycles. The Morgan fingerprint density at radius 3 is 2.11 bits per heavy atom. The number of halogens is 1. The minimum absolute atomic E-state index is 0.0691. The summed E-state index contributed by atoms with van der Waals surface area (Å²) in [5.74, 6) is -1.69. The van der Waals surface area contributed by atoms with E-state index in [2.05, 4.69) is 0 Å². The molecule has 0 bridgehead atoms. The lowest BCUT2D eigenvalue weighted by atomic mass is 9.63. The van der Waals surface area contributed by atoms with Crippen LogP contribution in [0, 0.1) is 16.6 Å². The smallest absolute Gasteiger partial charge is 0.180 e.